The Kier molecular flexibility index (Phi) is 3.77. The van der Waals surface area contributed by atoms with Gasteiger partial charge in [0.1, 0.15) is 0 Å². The summed E-state index contributed by atoms with van der Waals surface area (Å²) in [6, 6.07) is 24.8. The second-order valence-corrected chi connectivity index (χ2v) is 6.05. The molecule has 0 atom stereocenters. The zero-order chi connectivity index (χ0) is 16.5. The highest BCUT2D eigenvalue weighted by atomic mass is 16.3. The minimum atomic E-state index is -0.0354. The van der Waals surface area contributed by atoms with Crippen LogP contribution in [-0.4, -0.2) is 10.2 Å². The summed E-state index contributed by atoms with van der Waals surface area (Å²) in [5, 5.41) is 23.9. The lowest BCUT2D eigenvalue weighted by Crippen LogP contribution is -1.92. The number of hydrogen-bond donors (Lipinski definition) is 2. The Hall–Kier alpha value is -2.68. The molecule has 4 aromatic rings. The van der Waals surface area contributed by atoms with Crippen molar-refractivity contribution in [1.82, 2.24) is 0 Å². The number of benzene rings is 4. The Bertz CT molecular complexity index is 1010. The molecule has 0 heterocycles. The molecule has 2 N–H and O–H groups in total. The molecule has 0 aliphatic heterocycles. The van der Waals surface area contributed by atoms with Crippen LogP contribution in [0, 0.1) is 0 Å². The largest absolute Gasteiger partial charge is 0.392 e. The van der Waals surface area contributed by atoms with Crippen LogP contribution in [0.5, 0.6) is 0 Å². The van der Waals surface area contributed by atoms with Crippen molar-refractivity contribution in [2.24, 2.45) is 0 Å². The Morgan fingerprint density at radius 1 is 0.583 bits per heavy atom. The summed E-state index contributed by atoms with van der Waals surface area (Å²) in [6.45, 7) is -0.0707. The van der Waals surface area contributed by atoms with E-state index in [9.17, 15) is 10.2 Å². The van der Waals surface area contributed by atoms with Gasteiger partial charge in [-0.15, -0.1) is 0 Å². The molecule has 0 saturated heterocycles. The van der Waals surface area contributed by atoms with Crippen molar-refractivity contribution in [2.45, 2.75) is 13.2 Å². The summed E-state index contributed by atoms with van der Waals surface area (Å²) in [5.74, 6) is 0. The third kappa shape index (κ3) is 2.46. The summed E-state index contributed by atoms with van der Waals surface area (Å²) in [5.41, 5.74) is 3.77. The Balaban J connectivity index is 2.09. The number of fused-ring (bicyclic) bond motifs is 3. The highest BCUT2D eigenvalue weighted by molar-refractivity contribution is 6.13. The van der Waals surface area contributed by atoms with Crippen LogP contribution >= 0.6 is 0 Å². The first-order chi connectivity index (χ1) is 11.8. The van der Waals surface area contributed by atoms with Crippen LogP contribution in [0.1, 0.15) is 11.1 Å². The lowest BCUT2D eigenvalue weighted by molar-refractivity contribution is 0.275. The van der Waals surface area contributed by atoms with E-state index in [-0.39, 0.29) is 13.2 Å². The van der Waals surface area contributed by atoms with Crippen molar-refractivity contribution in [3.63, 3.8) is 0 Å². The van der Waals surface area contributed by atoms with Crippen LogP contribution in [0.25, 0.3) is 32.7 Å². The predicted octanol–water partition coefficient (Wildman–Crippen LogP) is 4.64. The molecule has 24 heavy (non-hydrogen) atoms. The van der Waals surface area contributed by atoms with Gasteiger partial charge in [0, 0.05) is 0 Å². The third-order valence-electron chi connectivity index (χ3n) is 4.50. The molecule has 4 aromatic carbocycles. The average molecular weight is 314 g/mol. The molecule has 0 aromatic heterocycles. The molecule has 0 saturated carbocycles. The monoisotopic (exact) mass is 314 g/mol. The summed E-state index contributed by atoms with van der Waals surface area (Å²) in [7, 11) is 0. The van der Waals surface area contributed by atoms with Gasteiger partial charge < -0.3 is 10.2 Å². The average Bonchev–Trinajstić information content (AvgIpc) is 2.66. The fourth-order valence-electron chi connectivity index (χ4n) is 3.39. The summed E-state index contributed by atoms with van der Waals surface area (Å²) in [6.07, 6.45) is 0. The van der Waals surface area contributed by atoms with E-state index < -0.39 is 0 Å². The van der Waals surface area contributed by atoms with Gasteiger partial charge in [0.15, 0.2) is 0 Å². The summed E-state index contributed by atoms with van der Waals surface area (Å²) < 4.78 is 0. The van der Waals surface area contributed by atoms with Gasteiger partial charge in [0.05, 0.1) is 13.2 Å². The molecule has 118 valence electrons. The fourth-order valence-corrected chi connectivity index (χ4v) is 3.39. The molecule has 0 fully saturated rings. The zero-order valence-electron chi connectivity index (χ0n) is 13.2. The van der Waals surface area contributed by atoms with E-state index in [2.05, 4.69) is 42.5 Å². The highest BCUT2D eigenvalue weighted by Crippen LogP contribution is 2.35. The lowest BCUT2D eigenvalue weighted by Gasteiger charge is -2.13. The summed E-state index contributed by atoms with van der Waals surface area (Å²) in [4.78, 5) is 0. The highest BCUT2D eigenvalue weighted by Gasteiger charge is 2.10. The van der Waals surface area contributed by atoms with Gasteiger partial charge in [-0.05, 0) is 62.0 Å². The van der Waals surface area contributed by atoms with Gasteiger partial charge in [-0.25, -0.2) is 0 Å². The van der Waals surface area contributed by atoms with Crippen LogP contribution in [-0.2, 0) is 13.2 Å². The maximum atomic E-state index is 9.53. The third-order valence-corrected chi connectivity index (χ3v) is 4.50. The maximum absolute atomic E-state index is 9.53. The van der Waals surface area contributed by atoms with Gasteiger partial charge in [-0.2, -0.15) is 0 Å². The van der Waals surface area contributed by atoms with Gasteiger partial charge >= 0.3 is 0 Å². The van der Waals surface area contributed by atoms with E-state index >= 15 is 0 Å². The first kappa shape index (κ1) is 14.9. The predicted molar refractivity (Wildman–Crippen MR) is 98.7 cm³/mol. The van der Waals surface area contributed by atoms with E-state index in [1.807, 2.05) is 30.3 Å². The number of aliphatic hydroxyl groups is 2. The van der Waals surface area contributed by atoms with Crippen LogP contribution in [0.2, 0.25) is 0 Å². The summed E-state index contributed by atoms with van der Waals surface area (Å²) >= 11 is 0. The number of aliphatic hydroxyl groups excluding tert-OH is 2. The van der Waals surface area contributed by atoms with Crippen molar-refractivity contribution >= 4 is 21.5 Å². The van der Waals surface area contributed by atoms with Crippen LogP contribution in [0.3, 0.4) is 0 Å². The molecular weight excluding hydrogens is 296 g/mol. The van der Waals surface area contributed by atoms with E-state index in [0.29, 0.717) is 0 Å². The van der Waals surface area contributed by atoms with Gasteiger partial charge in [-0.3, -0.25) is 0 Å². The van der Waals surface area contributed by atoms with Crippen molar-refractivity contribution < 1.29 is 10.2 Å². The van der Waals surface area contributed by atoms with Gasteiger partial charge in [-0.1, -0.05) is 54.6 Å². The molecular formula is C22H18O2. The van der Waals surface area contributed by atoms with Crippen LogP contribution in [0.15, 0.2) is 72.8 Å². The first-order valence-electron chi connectivity index (χ1n) is 8.05. The quantitative estimate of drug-likeness (QED) is 0.541. The second-order valence-electron chi connectivity index (χ2n) is 6.05. The van der Waals surface area contributed by atoms with Gasteiger partial charge in [0.2, 0.25) is 0 Å². The molecule has 0 radical (unpaired) electrons. The van der Waals surface area contributed by atoms with E-state index in [1.165, 1.54) is 21.5 Å². The Morgan fingerprint density at radius 3 is 1.83 bits per heavy atom. The van der Waals surface area contributed by atoms with Crippen LogP contribution in [0.4, 0.5) is 0 Å². The molecule has 0 spiro atoms. The van der Waals surface area contributed by atoms with E-state index in [1.54, 1.807) is 0 Å². The molecule has 4 rings (SSSR count). The molecule has 0 aliphatic rings. The maximum Gasteiger partial charge on any atom is 0.0682 e. The molecule has 0 bridgehead atoms. The molecule has 0 amide bonds. The van der Waals surface area contributed by atoms with Gasteiger partial charge in [0.25, 0.3) is 0 Å². The fraction of sp³-hybridized carbons (Fsp3) is 0.0909. The minimum absolute atomic E-state index is 0.0354. The standard InChI is InChI=1S/C22H18O2/c23-13-15-9-16(14-24)11-18(10-15)22-12-17-5-1-2-6-19(17)20-7-3-4-8-21(20)22/h1-12,23-24H,13-14H2. The van der Waals surface area contributed by atoms with Crippen molar-refractivity contribution in [3.8, 4) is 11.1 Å². The molecule has 2 nitrogen and oxygen atoms in total. The normalized spacial score (nSPS) is 11.2. The first-order valence-corrected chi connectivity index (χ1v) is 8.05. The zero-order valence-corrected chi connectivity index (χ0v) is 13.2. The second kappa shape index (κ2) is 6.08. The van der Waals surface area contributed by atoms with Crippen molar-refractivity contribution in [1.29, 1.82) is 0 Å². The van der Waals surface area contributed by atoms with E-state index in [4.69, 9.17) is 0 Å². The number of rotatable bonds is 3. The number of hydrogen-bond acceptors (Lipinski definition) is 2. The topological polar surface area (TPSA) is 40.5 Å². The molecule has 2 heteroatoms. The lowest BCUT2D eigenvalue weighted by atomic mass is 9.92. The Labute approximate surface area is 140 Å². The van der Waals surface area contributed by atoms with E-state index in [0.717, 1.165) is 22.3 Å². The Morgan fingerprint density at radius 2 is 1.17 bits per heavy atom. The smallest absolute Gasteiger partial charge is 0.0682 e. The molecule has 0 unspecified atom stereocenters. The van der Waals surface area contributed by atoms with Crippen molar-refractivity contribution in [3.05, 3.63) is 83.9 Å². The van der Waals surface area contributed by atoms with Crippen molar-refractivity contribution in [2.75, 3.05) is 0 Å². The molecule has 0 aliphatic carbocycles. The SMILES string of the molecule is OCc1cc(CO)cc(-c2cc3ccccc3c3ccccc23)c1. The van der Waals surface area contributed by atoms with Crippen LogP contribution < -0.4 is 0 Å². The minimum Gasteiger partial charge on any atom is -0.392 e.